The fraction of sp³-hybridized carbons (Fsp3) is 0.500. The van der Waals surface area contributed by atoms with Crippen LogP contribution in [0.25, 0.3) is 0 Å². The van der Waals surface area contributed by atoms with Crippen molar-refractivity contribution in [2.75, 3.05) is 6.54 Å². The van der Waals surface area contributed by atoms with Crippen LogP contribution in [0, 0.1) is 5.41 Å². The van der Waals surface area contributed by atoms with Gasteiger partial charge in [0.05, 0.1) is 0 Å². The first kappa shape index (κ1) is 11.1. The summed E-state index contributed by atoms with van der Waals surface area (Å²) >= 11 is 0. The molecule has 1 atom stereocenters. The molecule has 0 heterocycles. The van der Waals surface area contributed by atoms with Crippen LogP contribution in [0.5, 0.6) is 0 Å². The maximum absolute atomic E-state index is 10.4. The predicted octanol–water partition coefficient (Wildman–Crippen LogP) is -1.35. The Morgan fingerprint density at radius 3 is 2.77 bits per heavy atom. The summed E-state index contributed by atoms with van der Waals surface area (Å²) < 4.78 is 0. The van der Waals surface area contributed by atoms with Crippen molar-refractivity contribution in [3.05, 3.63) is 0 Å². The third kappa shape index (κ3) is 5.40. The smallest absolute Gasteiger partial charge is 0.329 e. The van der Waals surface area contributed by atoms with E-state index in [9.17, 15) is 9.59 Å². The molecule has 0 aliphatic carbocycles. The molecule has 0 amide bonds. The van der Waals surface area contributed by atoms with Crippen molar-refractivity contribution in [3.8, 4) is 0 Å². The minimum Gasteiger partial charge on any atom is -0.480 e. The van der Waals surface area contributed by atoms with Gasteiger partial charge < -0.3 is 16.2 Å². The van der Waals surface area contributed by atoms with Crippen molar-refractivity contribution >= 4 is 18.0 Å². The Morgan fingerprint density at radius 1 is 1.77 bits per heavy atom. The van der Waals surface area contributed by atoms with Crippen LogP contribution in [0.15, 0.2) is 4.99 Å². The lowest BCUT2D eigenvalue weighted by atomic mass is 10.2. The third-order valence-electron chi connectivity index (χ3n) is 1.23. The number of hydrogen-bond donors (Lipinski definition) is 4. The van der Waals surface area contributed by atoms with Gasteiger partial charge in [0, 0.05) is 6.54 Å². The van der Waals surface area contributed by atoms with E-state index in [1.165, 1.54) is 6.08 Å². The number of nitrogens with one attached hydrogen (secondary N) is 2. The summed E-state index contributed by atoms with van der Waals surface area (Å²) in [5, 5.41) is 17.6. The van der Waals surface area contributed by atoms with Crippen molar-refractivity contribution in [1.82, 2.24) is 5.32 Å². The number of rotatable bonds is 5. The van der Waals surface area contributed by atoms with Crippen LogP contribution in [0.3, 0.4) is 0 Å². The first-order valence-electron chi connectivity index (χ1n) is 3.45. The molecule has 0 fully saturated rings. The first-order valence-corrected chi connectivity index (χ1v) is 3.45. The van der Waals surface area contributed by atoms with Crippen molar-refractivity contribution in [2.24, 2.45) is 10.7 Å². The maximum atomic E-state index is 10.4. The Labute approximate surface area is 74.2 Å². The lowest BCUT2D eigenvalue weighted by molar-refractivity contribution is -0.138. The number of aliphatic carboxylic acids is 1. The van der Waals surface area contributed by atoms with Crippen LogP contribution in [-0.2, 0) is 9.59 Å². The summed E-state index contributed by atoms with van der Waals surface area (Å²) in [5.41, 5.74) is 4.95. The number of carbonyl (C=O) groups excluding carboxylic acids is 1. The van der Waals surface area contributed by atoms with Crippen LogP contribution in [-0.4, -0.2) is 35.7 Å². The first-order chi connectivity index (χ1) is 6.07. The average molecular weight is 186 g/mol. The number of carboxylic acid groups (broad SMARTS) is 1. The molecule has 7 heteroatoms. The van der Waals surface area contributed by atoms with E-state index in [1.807, 2.05) is 0 Å². The van der Waals surface area contributed by atoms with Gasteiger partial charge in [-0.15, -0.1) is 0 Å². The molecular formula is C6H10N4O3. The Morgan fingerprint density at radius 2 is 2.38 bits per heavy atom. The zero-order chi connectivity index (χ0) is 10.3. The molecule has 72 valence electrons. The third-order valence-corrected chi connectivity index (χ3v) is 1.23. The van der Waals surface area contributed by atoms with Gasteiger partial charge in [0.1, 0.15) is 0 Å². The highest BCUT2D eigenvalue weighted by Crippen LogP contribution is 1.95. The number of carboxylic acids is 1. The van der Waals surface area contributed by atoms with Crippen molar-refractivity contribution in [1.29, 1.82) is 5.41 Å². The van der Waals surface area contributed by atoms with Gasteiger partial charge in [0.2, 0.25) is 6.08 Å². The summed E-state index contributed by atoms with van der Waals surface area (Å²) in [4.78, 5) is 23.2. The van der Waals surface area contributed by atoms with E-state index < -0.39 is 12.0 Å². The second kappa shape index (κ2) is 5.73. The quantitative estimate of drug-likeness (QED) is 0.239. The molecule has 0 saturated heterocycles. The zero-order valence-corrected chi connectivity index (χ0v) is 6.78. The van der Waals surface area contributed by atoms with Gasteiger partial charge in [-0.3, -0.25) is 5.41 Å². The van der Waals surface area contributed by atoms with Crippen LogP contribution >= 0.6 is 0 Å². The number of isocyanates is 1. The Kier molecular flexibility index (Phi) is 4.90. The lowest BCUT2D eigenvalue weighted by Crippen LogP contribution is -2.33. The van der Waals surface area contributed by atoms with E-state index >= 15 is 0 Å². The summed E-state index contributed by atoms with van der Waals surface area (Å²) in [6, 6.07) is -1.12. The molecule has 7 nitrogen and oxygen atoms in total. The summed E-state index contributed by atoms with van der Waals surface area (Å²) in [6.07, 6.45) is 1.26. The molecular weight excluding hydrogens is 176 g/mol. The van der Waals surface area contributed by atoms with Crippen LogP contribution in [0.2, 0.25) is 0 Å². The van der Waals surface area contributed by atoms with Crippen LogP contribution in [0.1, 0.15) is 6.42 Å². The standard InChI is InChI=1S/C6H10N4O3/c7-6(8)9-2-1-4(5(12)13)10-3-11/h4H,1-2H2,(H,12,13)(H4,7,8,9). The van der Waals surface area contributed by atoms with Gasteiger partial charge >= 0.3 is 5.97 Å². The number of hydrogen-bond acceptors (Lipinski definition) is 4. The van der Waals surface area contributed by atoms with Gasteiger partial charge in [-0.2, -0.15) is 4.99 Å². The van der Waals surface area contributed by atoms with Crippen molar-refractivity contribution < 1.29 is 14.7 Å². The summed E-state index contributed by atoms with van der Waals surface area (Å²) in [7, 11) is 0. The van der Waals surface area contributed by atoms with Gasteiger partial charge in [0.15, 0.2) is 12.0 Å². The van der Waals surface area contributed by atoms with Gasteiger partial charge in [-0.25, -0.2) is 9.59 Å². The Balaban J connectivity index is 3.90. The average Bonchev–Trinajstić information content (AvgIpc) is 2.02. The lowest BCUT2D eigenvalue weighted by Gasteiger charge is -2.05. The largest absolute Gasteiger partial charge is 0.480 e. The molecule has 5 N–H and O–H groups in total. The van der Waals surface area contributed by atoms with E-state index in [-0.39, 0.29) is 18.9 Å². The van der Waals surface area contributed by atoms with Crippen molar-refractivity contribution in [3.63, 3.8) is 0 Å². The zero-order valence-electron chi connectivity index (χ0n) is 6.78. The molecule has 0 spiro atoms. The Bertz CT molecular complexity index is 244. The van der Waals surface area contributed by atoms with Crippen molar-refractivity contribution in [2.45, 2.75) is 12.5 Å². The second-order valence-electron chi connectivity index (χ2n) is 2.20. The fourth-order valence-corrected chi connectivity index (χ4v) is 0.650. The van der Waals surface area contributed by atoms with E-state index in [0.717, 1.165) is 0 Å². The maximum Gasteiger partial charge on any atom is 0.329 e. The highest BCUT2D eigenvalue weighted by Gasteiger charge is 2.15. The molecule has 0 aromatic rings. The van der Waals surface area contributed by atoms with Crippen LogP contribution in [0.4, 0.5) is 0 Å². The molecule has 13 heavy (non-hydrogen) atoms. The highest BCUT2D eigenvalue weighted by atomic mass is 16.4. The molecule has 0 bridgehead atoms. The van der Waals surface area contributed by atoms with E-state index in [4.69, 9.17) is 16.2 Å². The fourth-order valence-electron chi connectivity index (χ4n) is 0.650. The number of nitrogens with two attached hydrogens (primary N) is 1. The van der Waals surface area contributed by atoms with Gasteiger partial charge in [-0.1, -0.05) is 0 Å². The number of nitrogens with zero attached hydrogens (tertiary/aromatic N) is 1. The number of carbonyl (C=O) groups is 1. The SMILES string of the molecule is N=C(N)NCCC(N=C=O)C(=O)O. The van der Waals surface area contributed by atoms with E-state index in [1.54, 1.807) is 0 Å². The normalized spacial score (nSPS) is 11.1. The molecule has 0 saturated carbocycles. The molecule has 0 aliphatic rings. The predicted molar refractivity (Wildman–Crippen MR) is 44.1 cm³/mol. The minimum atomic E-state index is -1.20. The molecule has 1 unspecified atom stereocenters. The topological polar surface area (TPSA) is 129 Å². The van der Waals surface area contributed by atoms with Crippen LogP contribution < -0.4 is 11.1 Å². The monoisotopic (exact) mass is 186 g/mol. The summed E-state index contributed by atoms with van der Waals surface area (Å²) in [5.74, 6) is -1.45. The molecule has 0 radical (unpaired) electrons. The van der Waals surface area contributed by atoms with Gasteiger partial charge in [-0.05, 0) is 6.42 Å². The summed E-state index contributed by atoms with van der Waals surface area (Å²) in [6.45, 7) is 0.178. The molecule has 0 rings (SSSR count). The molecule has 0 aliphatic heterocycles. The highest BCUT2D eigenvalue weighted by molar-refractivity contribution is 5.75. The molecule has 0 aromatic carbocycles. The Hall–Kier alpha value is -1.88. The van der Waals surface area contributed by atoms with E-state index in [0.29, 0.717) is 0 Å². The van der Waals surface area contributed by atoms with E-state index in [2.05, 4.69) is 10.3 Å². The minimum absolute atomic E-state index is 0.0875. The number of aliphatic imine (C=N–C) groups is 1. The number of guanidine groups is 1. The molecule has 0 aromatic heterocycles. The second-order valence-corrected chi connectivity index (χ2v) is 2.20. The van der Waals surface area contributed by atoms with Gasteiger partial charge in [0.25, 0.3) is 0 Å².